The maximum Gasteiger partial charge on any atom is 0.164 e. The highest BCUT2D eigenvalue weighted by molar-refractivity contribution is 5.53. The third-order valence-corrected chi connectivity index (χ3v) is 5.54. The van der Waals surface area contributed by atoms with Gasteiger partial charge in [0.2, 0.25) is 0 Å². The van der Waals surface area contributed by atoms with Crippen LogP contribution in [-0.2, 0) is 4.84 Å². The largest absolute Gasteiger partial charge is 0.493 e. The van der Waals surface area contributed by atoms with Crippen molar-refractivity contribution in [2.24, 2.45) is 0 Å². The molecule has 1 aliphatic carbocycles. The lowest BCUT2D eigenvalue weighted by molar-refractivity contribution is -0.144. The number of hydrogen-bond donors (Lipinski definition) is 1. The predicted molar refractivity (Wildman–Crippen MR) is 106 cm³/mol. The summed E-state index contributed by atoms with van der Waals surface area (Å²) in [6.45, 7) is 2.67. The van der Waals surface area contributed by atoms with E-state index in [0.717, 1.165) is 37.6 Å². The van der Waals surface area contributed by atoms with Crippen LogP contribution in [0.15, 0.2) is 36.1 Å². The molecule has 1 saturated carbocycles. The molecule has 0 bridgehead atoms. The summed E-state index contributed by atoms with van der Waals surface area (Å²) in [6, 6.07) is 4.51. The van der Waals surface area contributed by atoms with Gasteiger partial charge < -0.3 is 14.8 Å². The molecule has 2 fully saturated rings. The van der Waals surface area contributed by atoms with Gasteiger partial charge in [-0.1, -0.05) is 6.08 Å². The molecule has 2 aliphatic heterocycles. The molecule has 27 heavy (non-hydrogen) atoms. The fourth-order valence-electron chi connectivity index (χ4n) is 3.92. The van der Waals surface area contributed by atoms with Crippen molar-refractivity contribution in [2.75, 3.05) is 33.9 Å². The van der Waals surface area contributed by atoms with Gasteiger partial charge in [0.15, 0.2) is 11.5 Å². The Hall–Kier alpha value is -1.98. The topological polar surface area (TPSA) is 43.0 Å². The number of nitrogens with zero attached hydrogens (tertiary/aromatic N) is 1. The molecule has 5 heteroatoms. The van der Waals surface area contributed by atoms with Crippen LogP contribution in [-0.4, -0.2) is 39.0 Å². The molecule has 0 amide bonds. The molecule has 1 saturated heterocycles. The number of rotatable bonds is 6. The Bertz CT molecular complexity index is 717. The van der Waals surface area contributed by atoms with Crippen LogP contribution in [0.25, 0.3) is 0 Å². The van der Waals surface area contributed by atoms with Gasteiger partial charge in [-0.25, -0.2) is 0 Å². The molecule has 0 aromatic heterocycles. The van der Waals surface area contributed by atoms with Gasteiger partial charge in [0.05, 0.1) is 26.9 Å². The molecule has 1 atom stereocenters. The third-order valence-electron chi connectivity index (χ3n) is 5.54. The first-order valence-corrected chi connectivity index (χ1v) is 10.1. The number of ether oxygens (including phenoxy) is 2. The van der Waals surface area contributed by atoms with Gasteiger partial charge in [0, 0.05) is 18.7 Å². The summed E-state index contributed by atoms with van der Waals surface area (Å²) in [4.78, 5) is 5.87. The SMILES string of the molecule is COc1cc(C2C=C(CN3CCCCCO3)C=CN2)cc(C2CC2)c1OC. The van der Waals surface area contributed by atoms with Gasteiger partial charge in [-0.2, -0.15) is 5.06 Å². The molecular weight excluding hydrogens is 340 g/mol. The molecule has 1 unspecified atom stereocenters. The zero-order chi connectivity index (χ0) is 18.6. The molecular formula is C22H30N2O3. The Morgan fingerprint density at radius 1 is 1.15 bits per heavy atom. The summed E-state index contributed by atoms with van der Waals surface area (Å²) >= 11 is 0. The van der Waals surface area contributed by atoms with E-state index in [2.05, 4.69) is 34.7 Å². The summed E-state index contributed by atoms with van der Waals surface area (Å²) in [5.41, 5.74) is 3.77. The zero-order valence-electron chi connectivity index (χ0n) is 16.4. The molecule has 0 spiro atoms. The maximum absolute atomic E-state index is 5.87. The second-order valence-electron chi connectivity index (χ2n) is 7.60. The van der Waals surface area contributed by atoms with Crippen molar-refractivity contribution in [3.8, 4) is 11.5 Å². The Kier molecular flexibility index (Phi) is 5.69. The normalized spacial score (nSPS) is 23.3. The van der Waals surface area contributed by atoms with Gasteiger partial charge >= 0.3 is 0 Å². The van der Waals surface area contributed by atoms with Gasteiger partial charge in [-0.15, -0.1) is 0 Å². The molecule has 1 N–H and O–H groups in total. The van der Waals surface area contributed by atoms with E-state index in [0.29, 0.717) is 5.92 Å². The van der Waals surface area contributed by atoms with E-state index < -0.39 is 0 Å². The van der Waals surface area contributed by atoms with Crippen LogP contribution in [0.5, 0.6) is 11.5 Å². The van der Waals surface area contributed by atoms with Gasteiger partial charge in [-0.05, 0) is 73.6 Å². The summed E-state index contributed by atoms with van der Waals surface area (Å²) in [6.07, 6.45) is 12.6. The van der Waals surface area contributed by atoms with Crippen molar-refractivity contribution in [2.45, 2.75) is 44.1 Å². The van der Waals surface area contributed by atoms with E-state index in [4.69, 9.17) is 14.3 Å². The number of nitrogens with one attached hydrogen (secondary N) is 1. The number of hydroxylamine groups is 2. The fourth-order valence-corrected chi connectivity index (χ4v) is 3.92. The molecule has 1 aromatic rings. The summed E-state index contributed by atoms with van der Waals surface area (Å²) < 4.78 is 11.3. The van der Waals surface area contributed by atoms with Crippen molar-refractivity contribution >= 4 is 0 Å². The Labute approximate surface area is 161 Å². The monoisotopic (exact) mass is 370 g/mol. The quantitative estimate of drug-likeness (QED) is 0.817. The molecule has 1 aromatic carbocycles. The Morgan fingerprint density at radius 3 is 2.81 bits per heavy atom. The summed E-state index contributed by atoms with van der Waals surface area (Å²) in [5.74, 6) is 2.30. The number of benzene rings is 1. The second kappa shape index (κ2) is 8.36. The third kappa shape index (κ3) is 4.30. The van der Waals surface area contributed by atoms with Crippen molar-refractivity contribution in [3.63, 3.8) is 0 Å². The number of methoxy groups -OCH3 is 2. The molecule has 0 radical (unpaired) electrons. The molecule has 5 nitrogen and oxygen atoms in total. The lowest BCUT2D eigenvalue weighted by Crippen LogP contribution is -2.28. The maximum atomic E-state index is 5.87. The van der Waals surface area contributed by atoms with Crippen molar-refractivity contribution in [3.05, 3.63) is 47.2 Å². The van der Waals surface area contributed by atoms with Crippen LogP contribution in [0, 0.1) is 0 Å². The molecule has 3 aliphatic rings. The fraction of sp³-hybridized carbons (Fsp3) is 0.545. The Morgan fingerprint density at radius 2 is 2.04 bits per heavy atom. The van der Waals surface area contributed by atoms with Crippen molar-refractivity contribution < 1.29 is 14.3 Å². The van der Waals surface area contributed by atoms with Gasteiger partial charge in [0.1, 0.15) is 0 Å². The van der Waals surface area contributed by atoms with Crippen LogP contribution in [0.2, 0.25) is 0 Å². The lowest BCUT2D eigenvalue weighted by atomic mass is 9.97. The first-order valence-electron chi connectivity index (χ1n) is 10.1. The van der Waals surface area contributed by atoms with E-state index in [9.17, 15) is 0 Å². The van der Waals surface area contributed by atoms with Crippen LogP contribution in [0.1, 0.15) is 55.2 Å². The minimum absolute atomic E-state index is 0.134. The minimum atomic E-state index is 0.134. The molecule has 2 heterocycles. The molecule has 146 valence electrons. The van der Waals surface area contributed by atoms with E-state index in [1.54, 1.807) is 14.2 Å². The predicted octanol–water partition coefficient (Wildman–Crippen LogP) is 4.08. The highest BCUT2D eigenvalue weighted by Gasteiger charge is 2.30. The van der Waals surface area contributed by atoms with Crippen LogP contribution in [0.3, 0.4) is 0 Å². The standard InChI is InChI=1S/C22H30N2O3/c1-25-21-14-18(13-19(17-6-7-17)22(21)26-2)20-12-16(8-9-23-20)15-24-10-4-3-5-11-27-24/h8-9,12-14,17,20,23H,3-7,10-11,15H2,1-2H3. The first kappa shape index (κ1) is 18.4. The average molecular weight is 370 g/mol. The summed E-state index contributed by atoms with van der Waals surface area (Å²) in [7, 11) is 3.44. The lowest BCUT2D eigenvalue weighted by Gasteiger charge is -2.25. The van der Waals surface area contributed by atoms with E-state index in [-0.39, 0.29) is 6.04 Å². The van der Waals surface area contributed by atoms with E-state index >= 15 is 0 Å². The average Bonchev–Trinajstić information content (AvgIpc) is 3.55. The summed E-state index contributed by atoms with van der Waals surface area (Å²) in [5, 5.41) is 5.58. The smallest absolute Gasteiger partial charge is 0.164 e. The van der Waals surface area contributed by atoms with Gasteiger partial charge in [-0.3, -0.25) is 4.84 Å². The minimum Gasteiger partial charge on any atom is -0.493 e. The van der Waals surface area contributed by atoms with Gasteiger partial charge in [0.25, 0.3) is 0 Å². The second-order valence-corrected chi connectivity index (χ2v) is 7.60. The first-order chi connectivity index (χ1) is 13.3. The molecule has 4 rings (SSSR count). The van der Waals surface area contributed by atoms with E-state index in [1.165, 1.54) is 42.4 Å². The van der Waals surface area contributed by atoms with Crippen LogP contribution in [0.4, 0.5) is 0 Å². The number of hydrogen-bond acceptors (Lipinski definition) is 5. The van der Waals surface area contributed by atoms with Crippen molar-refractivity contribution in [1.29, 1.82) is 0 Å². The van der Waals surface area contributed by atoms with E-state index in [1.807, 2.05) is 6.20 Å². The van der Waals surface area contributed by atoms with Crippen LogP contribution < -0.4 is 14.8 Å². The zero-order valence-corrected chi connectivity index (χ0v) is 16.4. The highest BCUT2D eigenvalue weighted by atomic mass is 16.7. The highest BCUT2D eigenvalue weighted by Crippen LogP contribution is 2.48. The van der Waals surface area contributed by atoms with Crippen molar-refractivity contribution in [1.82, 2.24) is 10.4 Å². The van der Waals surface area contributed by atoms with Crippen LogP contribution >= 0.6 is 0 Å². The Balaban J connectivity index is 1.56. The number of dihydropyridines is 1.